The van der Waals surface area contributed by atoms with Gasteiger partial charge in [-0.1, -0.05) is 26.7 Å². The highest BCUT2D eigenvalue weighted by Gasteiger charge is 2.42. The number of carbonyl (C=O) groups excluding carboxylic acids is 1. The van der Waals surface area contributed by atoms with E-state index in [9.17, 15) is 4.79 Å². The Morgan fingerprint density at radius 1 is 1.21 bits per heavy atom. The van der Waals surface area contributed by atoms with Crippen molar-refractivity contribution in [2.24, 2.45) is 27.8 Å². The number of rotatable bonds is 9. The Balaban J connectivity index is 1.43. The van der Waals surface area contributed by atoms with Gasteiger partial charge in [0.05, 0.1) is 36.3 Å². The number of halogens is 1. The number of alkyl halides is 1. The summed E-state index contributed by atoms with van der Waals surface area (Å²) >= 11 is 6.59. The number of carbonyl (C=O) groups is 1. The Morgan fingerprint density at radius 2 is 2.00 bits per heavy atom. The SMILES string of the molecule is CCCC1(CC)CCC(Cl)/C=N\C(C(C(=O)NC2CNCCC2N2CCC(N3CCCOC3)CC2)C(N)N)C1. The molecule has 10 heteroatoms. The highest BCUT2D eigenvalue weighted by Crippen LogP contribution is 2.42. The van der Waals surface area contributed by atoms with Gasteiger partial charge in [0, 0.05) is 51.1 Å². The highest BCUT2D eigenvalue weighted by atomic mass is 35.5. The molecule has 0 aromatic carbocycles. The van der Waals surface area contributed by atoms with Gasteiger partial charge >= 0.3 is 0 Å². The molecule has 1 amide bonds. The first-order chi connectivity index (χ1) is 18.9. The lowest BCUT2D eigenvalue weighted by Crippen LogP contribution is -2.64. The van der Waals surface area contributed by atoms with E-state index in [1.54, 1.807) is 0 Å². The average Bonchev–Trinajstić information content (AvgIpc) is 2.94. The molecule has 0 bridgehead atoms. The molecule has 39 heavy (non-hydrogen) atoms. The Labute approximate surface area is 241 Å². The maximum atomic E-state index is 13.9. The van der Waals surface area contributed by atoms with Crippen LogP contribution in [0.4, 0.5) is 0 Å². The Kier molecular flexibility index (Phi) is 11.9. The van der Waals surface area contributed by atoms with Gasteiger partial charge in [-0.25, -0.2) is 0 Å². The van der Waals surface area contributed by atoms with Crippen molar-refractivity contribution < 1.29 is 9.53 Å². The first-order valence-electron chi connectivity index (χ1n) is 15.6. The minimum Gasteiger partial charge on any atom is -0.366 e. The Hall–Kier alpha value is -0.810. The van der Waals surface area contributed by atoms with E-state index in [0.717, 1.165) is 110 Å². The van der Waals surface area contributed by atoms with Crippen molar-refractivity contribution in [3.05, 3.63) is 0 Å². The van der Waals surface area contributed by atoms with Gasteiger partial charge in [-0.3, -0.25) is 19.6 Å². The lowest BCUT2D eigenvalue weighted by molar-refractivity contribution is -0.128. The van der Waals surface area contributed by atoms with Crippen LogP contribution in [-0.2, 0) is 9.53 Å². The molecule has 9 nitrogen and oxygen atoms in total. The van der Waals surface area contributed by atoms with Crippen molar-refractivity contribution in [3.8, 4) is 0 Å². The van der Waals surface area contributed by atoms with Crippen LogP contribution in [0.15, 0.2) is 4.99 Å². The second-order valence-electron chi connectivity index (χ2n) is 12.5. The Bertz CT molecular complexity index is 788. The molecule has 6 atom stereocenters. The van der Waals surface area contributed by atoms with Crippen LogP contribution in [-0.4, -0.2) is 104 Å². The van der Waals surface area contributed by atoms with E-state index >= 15 is 0 Å². The number of hydrogen-bond donors (Lipinski definition) is 4. The molecule has 4 rings (SSSR count). The number of hydrogen-bond acceptors (Lipinski definition) is 8. The van der Waals surface area contributed by atoms with Crippen LogP contribution in [0, 0.1) is 11.3 Å². The summed E-state index contributed by atoms with van der Waals surface area (Å²) in [6.07, 6.45) is 11.5. The molecule has 4 aliphatic rings. The first kappa shape index (κ1) is 31.1. The second-order valence-corrected chi connectivity index (χ2v) is 13.0. The zero-order valence-corrected chi connectivity index (χ0v) is 25.1. The van der Waals surface area contributed by atoms with Gasteiger partial charge < -0.3 is 26.8 Å². The predicted octanol–water partition coefficient (Wildman–Crippen LogP) is 2.26. The van der Waals surface area contributed by atoms with Crippen LogP contribution < -0.4 is 22.1 Å². The molecule has 224 valence electrons. The summed E-state index contributed by atoms with van der Waals surface area (Å²) < 4.78 is 5.70. The number of nitrogens with one attached hydrogen (secondary N) is 2. The third-order valence-corrected chi connectivity index (χ3v) is 10.3. The van der Waals surface area contributed by atoms with Gasteiger partial charge in [0.1, 0.15) is 0 Å². The smallest absolute Gasteiger partial charge is 0.228 e. The van der Waals surface area contributed by atoms with Gasteiger partial charge in [0.25, 0.3) is 0 Å². The van der Waals surface area contributed by atoms with Crippen LogP contribution in [0.5, 0.6) is 0 Å². The minimum absolute atomic E-state index is 0.0206. The van der Waals surface area contributed by atoms with Gasteiger partial charge in [0.15, 0.2) is 0 Å². The molecule has 0 radical (unpaired) electrons. The number of nitrogens with two attached hydrogens (primary N) is 2. The quantitative estimate of drug-likeness (QED) is 0.249. The molecule has 0 saturated carbocycles. The second kappa shape index (κ2) is 14.9. The van der Waals surface area contributed by atoms with E-state index in [1.807, 2.05) is 6.21 Å². The monoisotopic (exact) mass is 567 g/mol. The van der Waals surface area contributed by atoms with Gasteiger partial charge in [-0.2, -0.15) is 0 Å². The molecular weight excluding hydrogens is 514 g/mol. The first-order valence-corrected chi connectivity index (χ1v) is 16.0. The van der Waals surface area contributed by atoms with E-state index in [-0.39, 0.29) is 28.8 Å². The average molecular weight is 568 g/mol. The van der Waals surface area contributed by atoms with Crippen molar-refractivity contribution in [2.75, 3.05) is 46.1 Å². The van der Waals surface area contributed by atoms with Crippen molar-refractivity contribution >= 4 is 23.7 Å². The van der Waals surface area contributed by atoms with Crippen molar-refractivity contribution in [3.63, 3.8) is 0 Å². The van der Waals surface area contributed by atoms with E-state index in [4.69, 9.17) is 32.8 Å². The molecule has 0 aromatic heterocycles. The van der Waals surface area contributed by atoms with Crippen LogP contribution in [0.25, 0.3) is 0 Å². The van der Waals surface area contributed by atoms with Crippen LogP contribution in [0.2, 0.25) is 0 Å². The van der Waals surface area contributed by atoms with E-state index in [0.29, 0.717) is 12.1 Å². The molecule has 0 spiro atoms. The normalized spacial score (nSPS) is 35.7. The standard InChI is InChI=1S/C29H54ClN7O2/c1-3-10-29(4-2)11-6-21(30)18-34-23(17-29)26(27(31)32)28(38)35-24-19-33-12-7-25(24)36-14-8-22(9-15-36)37-13-5-16-39-20-37/h18,21-27,33H,3-17,19-20,31-32H2,1-2H3,(H,35,38)/b34-18-. The molecule has 4 heterocycles. The minimum atomic E-state index is -0.783. The fourth-order valence-electron chi connectivity index (χ4n) is 7.60. The topological polar surface area (TPSA) is 121 Å². The number of aliphatic imine (C=N–C) groups is 1. The fraction of sp³-hybridized carbons (Fsp3) is 0.931. The van der Waals surface area contributed by atoms with E-state index in [1.165, 1.54) is 0 Å². The van der Waals surface area contributed by atoms with E-state index in [2.05, 4.69) is 34.3 Å². The summed E-state index contributed by atoms with van der Waals surface area (Å²) in [6.45, 7) is 11.1. The lowest BCUT2D eigenvalue weighted by atomic mass is 9.69. The molecule has 3 saturated heterocycles. The molecule has 6 unspecified atom stereocenters. The van der Waals surface area contributed by atoms with Crippen LogP contribution in [0.3, 0.4) is 0 Å². The van der Waals surface area contributed by atoms with Gasteiger partial charge in [-0.15, -0.1) is 11.6 Å². The summed E-state index contributed by atoms with van der Waals surface area (Å²) in [6, 6.07) is 0.662. The molecule has 0 aromatic rings. The molecule has 4 aliphatic heterocycles. The third-order valence-electron chi connectivity index (χ3n) is 9.94. The predicted molar refractivity (Wildman–Crippen MR) is 159 cm³/mol. The molecular formula is C29H54ClN7O2. The zero-order valence-electron chi connectivity index (χ0n) is 24.3. The number of likely N-dealkylation sites (tertiary alicyclic amines) is 1. The number of ether oxygens (including phenoxy) is 1. The maximum absolute atomic E-state index is 13.9. The number of amides is 1. The highest BCUT2D eigenvalue weighted by molar-refractivity contribution is 6.28. The zero-order chi connectivity index (χ0) is 27.8. The lowest BCUT2D eigenvalue weighted by Gasteiger charge is -2.46. The van der Waals surface area contributed by atoms with Gasteiger partial charge in [0.2, 0.25) is 5.91 Å². The summed E-state index contributed by atoms with van der Waals surface area (Å²) in [5.74, 6) is -0.655. The molecule has 6 N–H and O–H groups in total. The summed E-state index contributed by atoms with van der Waals surface area (Å²) in [5.41, 5.74) is 12.8. The van der Waals surface area contributed by atoms with Crippen LogP contribution in [0.1, 0.15) is 78.1 Å². The molecule has 0 aliphatic carbocycles. The number of nitrogens with zero attached hydrogens (tertiary/aromatic N) is 3. The fourth-order valence-corrected chi connectivity index (χ4v) is 7.77. The largest absolute Gasteiger partial charge is 0.366 e. The maximum Gasteiger partial charge on any atom is 0.228 e. The summed E-state index contributed by atoms with van der Waals surface area (Å²) in [4.78, 5) is 23.9. The van der Waals surface area contributed by atoms with Crippen molar-refractivity contribution in [2.45, 2.75) is 114 Å². The van der Waals surface area contributed by atoms with Crippen LogP contribution >= 0.6 is 11.6 Å². The summed E-state index contributed by atoms with van der Waals surface area (Å²) in [5, 5.41) is 6.78. The Morgan fingerprint density at radius 3 is 2.67 bits per heavy atom. The summed E-state index contributed by atoms with van der Waals surface area (Å²) in [7, 11) is 0. The van der Waals surface area contributed by atoms with Gasteiger partial charge in [-0.05, 0) is 63.3 Å². The number of piperidine rings is 2. The van der Waals surface area contributed by atoms with E-state index < -0.39 is 12.1 Å². The third kappa shape index (κ3) is 8.15. The molecule has 3 fully saturated rings. The van der Waals surface area contributed by atoms with Crippen molar-refractivity contribution in [1.82, 2.24) is 20.4 Å². The van der Waals surface area contributed by atoms with Crippen molar-refractivity contribution in [1.29, 1.82) is 0 Å².